The molecule has 1 aliphatic rings. The molecule has 0 atom stereocenters. The van der Waals surface area contributed by atoms with Crippen LogP contribution < -0.4 is 10.2 Å². The first kappa shape index (κ1) is 15.2. The standard InChI is InChI=1S/C15H18N6O2/c1-19-7-9-20(10-8-19)15-13(21(22)23)14(16-11-17-15)18-12-5-3-2-4-6-12/h2-6,11H,7-10H2,1H3,(H,16,17,18). The molecule has 1 aromatic heterocycles. The molecule has 1 aromatic carbocycles. The zero-order valence-electron chi connectivity index (χ0n) is 12.8. The summed E-state index contributed by atoms with van der Waals surface area (Å²) in [5.41, 5.74) is 0.666. The lowest BCUT2D eigenvalue weighted by Crippen LogP contribution is -2.45. The minimum absolute atomic E-state index is 0.0825. The van der Waals surface area contributed by atoms with Crippen LogP contribution in [-0.4, -0.2) is 53.0 Å². The van der Waals surface area contributed by atoms with Gasteiger partial charge in [0.15, 0.2) is 0 Å². The Labute approximate surface area is 133 Å². The number of piperazine rings is 1. The van der Waals surface area contributed by atoms with Crippen LogP contribution in [0.3, 0.4) is 0 Å². The van der Waals surface area contributed by atoms with Crippen LogP contribution in [0.2, 0.25) is 0 Å². The van der Waals surface area contributed by atoms with E-state index in [2.05, 4.69) is 20.2 Å². The second kappa shape index (κ2) is 6.57. The van der Waals surface area contributed by atoms with Crippen LogP contribution in [0.25, 0.3) is 0 Å². The van der Waals surface area contributed by atoms with E-state index in [-0.39, 0.29) is 11.5 Å². The summed E-state index contributed by atoms with van der Waals surface area (Å²) in [6.45, 7) is 3.11. The maximum Gasteiger partial charge on any atom is 0.353 e. The first-order valence-electron chi connectivity index (χ1n) is 7.40. The Morgan fingerprint density at radius 3 is 2.48 bits per heavy atom. The lowest BCUT2D eigenvalue weighted by Gasteiger charge is -2.32. The van der Waals surface area contributed by atoms with Crippen molar-refractivity contribution in [2.45, 2.75) is 0 Å². The van der Waals surface area contributed by atoms with Gasteiger partial charge in [-0.25, -0.2) is 9.97 Å². The van der Waals surface area contributed by atoms with Gasteiger partial charge < -0.3 is 15.1 Å². The second-order valence-electron chi connectivity index (χ2n) is 5.43. The molecule has 8 nitrogen and oxygen atoms in total. The molecule has 0 unspecified atom stereocenters. The number of hydrogen-bond acceptors (Lipinski definition) is 7. The van der Waals surface area contributed by atoms with Crippen LogP contribution in [0.1, 0.15) is 0 Å². The molecule has 1 saturated heterocycles. The van der Waals surface area contributed by atoms with E-state index in [4.69, 9.17) is 0 Å². The van der Waals surface area contributed by atoms with Gasteiger partial charge in [-0.2, -0.15) is 0 Å². The number of benzene rings is 1. The molecule has 2 aromatic rings. The van der Waals surface area contributed by atoms with Crippen LogP contribution in [0.4, 0.5) is 23.0 Å². The summed E-state index contributed by atoms with van der Waals surface area (Å²) in [7, 11) is 2.04. The lowest BCUT2D eigenvalue weighted by molar-refractivity contribution is -0.383. The van der Waals surface area contributed by atoms with Crippen LogP contribution in [0, 0.1) is 10.1 Å². The highest BCUT2D eigenvalue weighted by atomic mass is 16.6. The van der Waals surface area contributed by atoms with E-state index in [9.17, 15) is 10.1 Å². The highest BCUT2D eigenvalue weighted by molar-refractivity contribution is 5.74. The molecule has 0 bridgehead atoms. The van der Waals surface area contributed by atoms with Crippen molar-refractivity contribution in [2.24, 2.45) is 0 Å². The maximum atomic E-state index is 11.6. The third-order valence-electron chi connectivity index (χ3n) is 3.82. The molecule has 3 rings (SSSR count). The Bertz CT molecular complexity index is 686. The molecular weight excluding hydrogens is 296 g/mol. The van der Waals surface area contributed by atoms with E-state index in [0.717, 1.165) is 18.8 Å². The fourth-order valence-corrected chi connectivity index (χ4v) is 2.54. The zero-order chi connectivity index (χ0) is 16.2. The largest absolute Gasteiger partial charge is 0.353 e. The van der Waals surface area contributed by atoms with Crippen molar-refractivity contribution in [1.82, 2.24) is 14.9 Å². The SMILES string of the molecule is CN1CCN(c2ncnc(Nc3ccccc3)c2[N+](=O)[O-])CC1. The smallest absolute Gasteiger partial charge is 0.348 e. The fraction of sp³-hybridized carbons (Fsp3) is 0.333. The molecule has 120 valence electrons. The Morgan fingerprint density at radius 2 is 1.83 bits per heavy atom. The molecule has 0 radical (unpaired) electrons. The van der Waals surface area contributed by atoms with E-state index in [1.54, 1.807) is 0 Å². The van der Waals surface area contributed by atoms with Gasteiger partial charge in [-0.05, 0) is 19.2 Å². The van der Waals surface area contributed by atoms with Gasteiger partial charge in [0.2, 0.25) is 11.6 Å². The van der Waals surface area contributed by atoms with Crippen molar-refractivity contribution in [2.75, 3.05) is 43.4 Å². The number of nitrogens with zero attached hydrogens (tertiary/aromatic N) is 5. The number of para-hydroxylation sites is 1. The molecule has 0 amide bonds. The average molecular weight is 314 g/mol. The molecule has 2 heterocycles. The van der Waals surface area contributed by atoms with Crippen LogP contribution >= 0.6 is 0 Å². The summed E-state index contributed by atoms with van der Waals surface area (Å²) in [4.78, 5) is 23.5. The number of anilines is 3. The Balaban J connectivity index is 1.94. The molecule has 0 spiro atoms. The lowest BCUT2D eigenvalue weighted by atomic mass is 10.3. The zero-order valence-corrected chi connectivity index (χ0v) is 12.8. The second-order valence-corrected chi connectivity index (χ2v) is 5.43. The van der Waals surface area contributed by atoms with E-state index < -0.39 is 4.92 Å². The normalized spacial score (nSPS) is 15.4. The van der Waals surface area contributed by atoms with Crippen LogP contribution in [-0.2, 0) is 0 Å². The Kier molecular flexibility index (Phi) is 4.33. The molecule has 0 aliphatic carbocycles. The van der Waals surface area contributed by atoms with E-state index in [1.165, 1.54) is 6.33 Å². The van der Waals surface area contributed by atoms with Gasteiger partial charge in [-0.1, -0.05) is 18.2 Å². The van der Waals surface area contributed by atoms with Crippen molar-refractivity contribution >= 4 is 23.0 Å². The van der Waals surface area contributed by atoms with E-state index >= 15 is 0 Å². The molecule has 23 heavy (non-hydrogen) atoms. The highest BCUT2D eigenvalue weighted by Crippen LogP contribution is 2.33. The summed E-state index contributed by atoms with van der Waals surface area (Å²) in [6, 6.07) is 9.27. The third kappa shape index (κ3) is 3.37. The molecule has 1 aliphatic heterocycles. The maximum absolute atomic E-state index is 11.6. The third-order valence-corrected chi connectivity index (χ3v) is 3.82. The van der Waals surface area contributed by atoms with Gasteiger partial charge in [0, 0.05) is 31.9 Å². The molecule has 0 saturated carbocycles. The predicted octanol–water partition coefficient (Wildman–Crippen LogP) is 1.88. The van der Waals surface area contributed by atoms with Crippen molar-refractivity contribution in [3.05, 3.63) is 46.8 Å². The number of rotatable bonds is 4. The Hall–Kier alpha value is -2.74. The number of nitro groups is 1. The van der Waals surface area contributed by atoms with Crippen molar-refractivity contribution in [3.63, 3.8) is 0 Å². The molecule has 1 N–H and O–H groups in total. The van der Waals surface area contributed by atoms with E-state index in [1.807, 2.05) is 42.3 Å². The van der Waals surface area contributed by atoms with Crippen LogP contribution in [0.5, 0.6) is 0 Å². The van der Waals surface area contributed by atoms with Crippen molar-refractivity contribution in [1.29, 1.82) is 0 Å². The Morgan fingerprint density at radius 1 is 1.13 bits per heavy atom. The van der Waals surface area contributed by atoms with Gasteiger partial charge in [0.25, 0.3) is 0 Å². The van der Waals surface area contributed by atoms with Gasteiger partial charge in [-0.15, -0.1) is 0 Å². The highest BCUT2D eigenvalue weighted by Gasteiger charge is 2.28. The summed E-state index contributed by atoms with van der Waals surface area (Å²) < 4.78 is 0. The number of nitrogens with one attached hydrogen (secondary N) is 1. The minimum atomic E-state index is -0.418. The van der Waals surface area contributed by atoms with Gasteiger partial charge in [0.1, 0.15) is 6.33 Å². The topological polar surface area (TPSA) is 87.4 Å². The first-order valence-corrected chi connectivity index (χ1v) is 7.40. The van der Waals surface area contributed by atoms with Crippen LogP contribution in [0.15, 0.2) is 36.7 Å². The summed E-state index contributed by atoms with van der Waals surface area (Å²) in [5.74, 6) is 0.585. The summed E-state index contributed by atoms with van der Waals surface area (Å²) >= 11 is 0. The average Bonchev–Trinajstić information content (AvgIpc) is 2.56. The predicted molar refractivity (Wildman–Crippen MR) is 88.1 cm³/mol. The summed E-state index contributed by atoms with van der Waals surface area (Å²) in [6.07, 6.45) is 1.37. The molecule has 8 heteroatoms. The van der Waals surface area contributed by atoms with Gasteiger partial charge in [0.05, 0.1) is 4.92 Å². The quantitative estimate of drug-likeness (QED) is 0.681. The van der Waals surface area contributed by atoms with Crippen molar-refractivity contribution < 1.29 is 4.92 Å². The van der Waals surface area contributed by atoms with E-state index in [0.29, 0.717) is 18.9 Å². The number of aromatic nitrogens is 2. The number of likely N-dealkylation sites (N-methyl/N-ethyl adjacent to an activating group) is 1. The van der Waals surface area contributed by atoms with Gasteiger partial charge in [-0.3, -0.25) is 10.1 Å². The molecular formula is C15H18N6O2. The number of hydrogen-bond donors (Lipinski definition) is 1. The fourth-order valence-electron chi connectivity index (χ4n) is 2.54. The first-order chi connectivity index (χ1) is 11.1. The summed E-state index contributed by atoms with van der Waals surface area (Å²) in [5, 5.41) is 14.6. The molecule has 1 fully saturated rings. The van der Waals surface area contributed by atoms with Gasteiger partial charge >= 0.3 is 5.69 Å². The minimum Gasteiger partial charge on any atom is -0.348 e. The monoisotopic (exact) mass is 314 g/mol. The van der Waals surface area contributed by atoms with Crippen molar-refractivity contribution in [3.8, 4) is 0 Å².